The van der Waals surface area contributed by atoms with Crippen molar-refractivity contribution in [1.82, 2.24) is 9.68 Å². The lowest BCUT2D eigenvalue weighted by atomic mass is 10.1. The van der Waals surface area contributed by atoms with Gasteiger partial charge in [-0.25, -0.2) is 15.4 Å². The number of benzene rings is 3. The average Bonchev–Trinajstić information content (AvgIpc) is 2.97. The molecule has 3 aromatic rings. The molecule has 4 unspecified atom stereocenters. The standard InChI is InChI=1S/C24H25N3O8P3S/c1-26(25-16-19-8-12-22(32-2)13-9-19)38(39)33-23-14-10-21(11-15-23)24(37(31)35-29)27(18-36(30)34-28)17-20-6-4-3-5-7-20/h3-16,24H,17-18H2,1-2H3/q+1/p+2/b25-16+. The van der Waals surface area contributed by atoms with Gasteiger partial charge in [-0.15, -0.1) is 5.10 Å². The molecule has 204 valence electrons. The van der Waals surface area contributed by atoms with Gasteiger partial charge in [-0.05, 0) is 68.8 Å². The van der Waals surface area contributed by atoms with Gasteiger partial charge in [0.1, 0.15) is 5.75 Å². The monoisotopic (exact) mass is 610 g/mol. The second-order valence-electron chi connectivity index (χ2n) is 7.93. The van der Waals surface area contributed by atoms with E-state index in [1.54, 1.807) is 44.6 Å². The van der Waals surface area contributed by atoms with E-state index in [0.29, 0.717) is 11.3 Å². The zero-order valence-electron chi connectivity index (χ0n) is 21.0. The molecule has 0 radical (unpaired) electrons. The number of ether oxygens (including phenoxy) is 1. The molecule has 0 saturated heterocycles. The number of nitrogens with zero attached hydrogens (tertiary/aromatic N) is 3. The van der Waals surface area contributed by atoms with Crippen LogP contribution < -0.4 is 9.26 Å². The Morgan fingerprint density at radius 1 is 0.949 bits per heavy atom. The largest absolute Gasteiger partial charge is 0.563 e. The second-order valence-corrected chi connectivity index (χ2v) is 12.4. The van der Waals surface area contributed by atoms with Gasteiger partial charge in [-0.2, -0.15) is 0 Å². The molecule has 0 spiro atoms. The predicted molar refractivity (Wildman–Crippen MR) is 152 cm³/mol. The Labute approximate surface area is 233 Å². The van der Waals surface area contributed by atoms with Crippen LogP contribution in [0.15, 0.2) is 84.0 Å². The van der Waals surface area contributed by atoms with Crippen molar-refractivity contribution < 1.29 is 38.3 Å². The van der Waals surface area contributed by atoms with Crippen molar-refractivity contribution in [3.05, 3.63) is 95.6 Å². The summed E-state index contributed by atoms with van der Waals surface area (Å²) < 4.78 is 45.5. The Morgan fingerprint density at radius 3 is 2.18 bits per heavy atom. The van der Waals surface area contributed by atoms with Crippen molar-refractivity contribution in [2.45, 2.75) is 12.3 Å². The highest BCUT2D eigenvalue weighted by atomic mass is 32.4. The normalized spacial score (nSPS) is 13.2. The molecule has 0 heterocycles. The summed E-state index contributed by atoms with van der Waals surface area (Å²) in [5, 5.41) is 22.5. The van der Waals surface area contributed by atoms with Crippen molar-refractivity contribution in [2.24, 2.45) is 5.10 Å². The van der Waals surface area contributed by atoms with E-state index in [0.717, 1.165) is 16.9 Å². The van der Waals surface area contributed by atoms with E-state index in [1.165, 1.54) is 9.68 Å². The Morgan fingerprint density at radius 2 is 1.59 bits per heavy atom. The fraction of sp³-hybridized carbons (Fsp3) is 0.208. The van der Waals surface area contributed by atoms with Crippen molar-refractivity contribution >= 4 is 41.2 Å². The first-order chi connectivity index (χ1) is 18.8. The van der Waals surface area contributed by atoms with E-state index in [2.05, 4.69) is 14.5 Å². The molecule has 0 aliphatic rings. The van der Waals surface area contributed by atoms with E-state index in [9.17, 15) is 14.4 Å². The summed E-state index contributed by atoms with van der Waals surface area (Å²) >= 11 is 5.47. The molecular formula is C24H27N3O8P3S+3. The second kappa shape index (κ2) is 15.7. The summed E-state index contributed by atoms with van der Waals surface area (Å²) in [5.74, 6) is 0.175. The smallest absolute Gasteiger partial charge is 0.497 e. The van der Waals surface area contributed by atoms with Gasteiger partial charge in [0, 0.05) is 21.5 Å². The van der Waals surface area contributed by atoms with E-state index in [-0.39, 0.29) is 12.8 Å². The van der Waals surface area contributed by atoms with Crippen LogP contribution in [0.25, 0.3) is 0 Å². The molecule has 0 fully saturated rings. The fourth-order valence-corrected chi connectivity index (χ4v) is 6.06. The molecule has 0 bridgehead atoms. The van der Waals surface area contributed by atoms with E-state index >= 15 is 0 Å². The average molecular weight is 610 g/mol. The van der Waals surface area contributed by atoms with Crippen molar-refractivity contribution in [3.63, 3.8) is 0 Å². The van der Waals surface area contributed by atoms with Gasteiger partial charge in [-0.3, -0.25) is 4.52 Å². The fourth-order valence-electron chi connectivity index (χ4n) is 3.45. The molecule has 4 atom stereocenters. The molecule has 0 amide bonds. The molecular weight excluding hydrogens is 583 g/mol. The third-order valence-corrected chi connectivity index (χ3v) is 9.17. The van der Waals surface area contributed by atoms with Crippen LogP contribution >= 0.6 is 23.1 Å². The molecule has 15 heteroatoms. The van der Waals surface area contributed by atoms with Gasteiger partial charge < -0.3 is 4.74 Å². The molecule has 0 aromatic heterocycles. The maximum Gasteiger partial charge on any atom is 0.563 e. The maximum atomic E-state index is 12.8. The van der Waals surface area contributed by atoms with Gasteiger partial charge >= 0.3 is 23.1 Å². The molecule has 0 aliphatic heterocycles. The highest BCUT2D eigenvalue weighted by Gasteiger charge is 2.44. The lowest BCUT2D eigenvalue weighted by Gasteiger charge is -2.19. The van der Waals surface area contributed by atoms with Gasteiger partial charge in [0.25, 0.3) is 5.78 Å². The molecule has 11 nitrogen and oxygen atoms in total. The van der Waals surface area contributed by atoms with Crippen LogP contribution in [0.5, 0.6) is 11.5 Å². The highest BCUT2D eigenvalue weighted by Crippen LogP contribution is 2.47. The first kappa shape index (κ1) is 30.8. The third kappa shape index (κ3) is 9.44. The van der Waals surface area contributed by atoms with E-state index in [4.69, 9.17) is 26.3 Å². The molecule has 3 rings (SSSR count). The van der Waals surface area contributed by atoms with Crippen LogP contribution in [0.3, 0.4) is 0 Å². The molecule has 39 heavy (non-hydrogen) atoms. The minimum atomic E-state index is -2.68. The Kier molecular flexibility index (Phi) is 12.4. The minimum Gasteiger partial charge on any atom is -0.497 e. The van der Waals surface area contributed by atoms with Gasteiger partial charge in [0.15, 0.2) is 5.75 Å². The maximum absolute atomic E-state index is 12.8. The summed E-state index contributed by atoms with van der Waals surface area (Å²) in [6, 6.07) is 23.1. The summed E-state index contributed by atoms with van der Waals surface area (Å²) in [6.07, 6.45) is 1.38. The number of hydrogen-bond donors (Lipinski definition) is 2. The molecule has 2 N–H and O–H groups in total. The zero-order chi connectivity index (χ0) is 28.2. The zero-order valence-corrected chi connectivity index (χ0v) is 24.5. The topological polar surface area (TPSA) is 130 Å². The lowest BCUT2D eigenvalue weighted by molar-refractivity contribution is -0.134. The molecule has 3 aromatic carbocycles. The first-order valence-electron chi connectivity index (χ1n) is 11.3. The van der Waals surface area contributed by atoms with Crippen molar-refractivity contribution in [2.75, 3.05) is 20.4 Å². The Bertz CT molecular complexity index is 1280. The van der Waals surface area contributed by atoms with Crippen molar-refractivity contribution in [1.29, 1.82) is 0 Å². The summed E-state index contributed by atoms with van der Waals surface area (Å²) in [7, 11) is -3.43. The Hall–Kier alpha value is -2.75. The van der Waals surface area contributed by atoms with E-state index in [1.807, 2.05) is 54.6 Å². The van der Waals surface area contributed by atoms with Crippen LogP contribution in [0.1, 0.15) is 22.5 Å². The highest BCUT2D eigenvalue weighted by molar-refractivity contribution is 8.02. The first-order valence-corrected chi connectivity index (χ1v) is 16.2. The summed E-state index contributed by atoms with van der Waals surface area (Å²) in [5.41, 5.74) is 2.17. The van der Waals surface area contributed by atoms with Gasteiger partial charge in [0.2, 0.25) is 18.1 Å². The number of hydrazone groups is 1. The van der Waals surface area contributed by atoms with Gasteiger partial charge in [0.05, 0.1) is 20.4 Å². The molecule has 0 aliphatic carbocycles. The van der Waals surface area contributed by atoms with Crippen molar-refractivity contribution in [3.8, 4) is 11.5 Å². The number of methoxy groups -OCH3 is 1. The SMILES string of the molecule is COc1ccc(/C=N/N(C)[P+](=S)Oc2ccc(C(N(Cc3ccccc3)C[P+](=O)OO)[P+](=O)OO)cc2)cc1. The predicted octanol–water partition coefficient (Wildman–Crippen LogP) is 6.74. The van der Waals surface area contributed by atoms with Crippen LogP contribution in [-0.4, -0.2) is 46.9 Å². The summed E-state index contributed by atoms with van der Waals surface area (Å²) in [4.78, 5) is 1.52. The van der Waals surface area contributed by atoms with E-state index < -0.39 is 28.9 Å². The molecule has 0 saturated carbocycles. The minimum absolute atomic E-state index is 0.188. The summed E-state index contributed by atoms with van der Waals surface area (Å²) in [6.45, 7) is 0.188. The van der Waals surface area contributed by atoms with Crippen LogP contribution in [0, 0.1) is 0 Å². The quantitative estimate of drug-likeness (QED) is 0.0822. The lowest BCUT2D eigenvalue weighted by Crippen LogP contribution is -2.26. The third-order valence-electron chi connectivity index (χ3n) is 5.33. The van der Waals surface area contributed by atoms with Crippen LogP contribution in [0.4, 0.5) is 0 Å². The van der Waals surface area contributed by atoms with Gasteiger partial charge in [-0.1, -0.05) is 35.1 Å². The Balaban J connectivity index is 1.74. The number of hydrogen-bond acceptors (Lipinski definition) is 11. The van der Waals surface area contributed by atoms with Crippen LogP contribution in [0.2, 0.25) is 0 Å². The number of rotatable bonds is 15. The van der Waals surface area contributed by atoms with Crippen LogP contribution in [-0.2, 0) is 36.8 Å².